The molecule has 0 heterocycles. The van der Waals surface area contributed by atoms with Crippen LogP contribution in [0, 0.1) is 36.0 Å². The summed E-state index contributed by atoms with van der Waals surface area (Å²) in [5.41, 5.74) is -0.383. The molecule has 0 spiro atoms. The quantitative estimate of drug-likeness (QED) is 0.515. The van der Waals surface area contributed by atoms with E-state index in [1.807, 2.05) is 0 Å². The maximum absolute atomic E-state index is 13.7. The van der Waals surface area contributed by atoms with Gasteiger partial charge < -0.3 is 5.11 Å². The molecule has 0 unspecified atom stereocenters. The van der Waals surface area contributed by atoms with Gasteiger partial charge in [-0.1, -0.05) is 17.7 Å². The summed E-state index contributed by atoms with van der Waals surface area (Å²) >= 11 is 0. The van der Waals surface area contributed by atoms with Gasteiger partial charge in [-0.2, -0.15) is 0 Å². The molecule has 0 aliphatic carbocycles. The number of benzene rings is 2. The van der Waals surface area contributed by atoms with Crippen LogP contribution in [0.25, 0.3) is 0 Å². The summed E-state index contributed by atoms with van der Waals surface area (Å²) in [6.45, 7) is 0.711. The predicted octanol–water partition coefficient (Wildman–Crippen LogP) is 4.38. The highest BCUT2D eigenvalue weighted by atomic mass is 19.2. The molecule has 2 aromatic rings. The minimum atomic E-state index is -2.29. The zero-order valence-corrected chi connectivity index (χ0v) is 11.7. The molecule has 0 radical (unpaired) electrons. The number of nitrogens with zero attached hydrogens (tertiary/aromatic N) is 1. The molecule has 1 amide bonds. The second-order valence-corrected chi connectivity index (χ2v) is 4.75. The monoisotopic (exact) mass is 331 g/mol. The number of aryl methyl sites for hydroxylation is 1. The summed E-state index contributed by atoms with van der Waals surface area (Å²) in [5.74, 6) is -10.6. The van der Waals surface area contributed by atoms with Crippen molar-refractivity contribution in [2.75, 3.05) is 4.90 Å². The standard InChI is InChI=1S/C15H10F5NO2/c1-7-2-4-8(5-3-7)21(15(22)23)6-9-10(16)12(18)14(20)13(19)11(9)17/h2-5H,6H2,1H3,(H,22,23). The molecule has 8 heteroatoms. The molecule has 3 nitrogen and oxygen atoms in total. The van der Waals surface area contributed by atoms with Crippen LogP contribution in [0.2, 0.25) is 0 Å². The Bertz CT molecular complexity index is 732. The van der Waals surface area contributed by atoms with Crippen molar-refractivity contribution >= 4 is 11.8 Å². The Kier molecular flexibility index (Phi) is 4.53. The third-order valence-electron chi connectivity index (χ3n) is 3.19. The van der Waals surface area contributed by atoms with Crippen LogP contribution in [-0.2, 0) is 6.54 Å². The van der Waals surface area contributed by atoms with Crippen LogP contribution in [-0.4, -0.2) is 11.2 Å². The molecule has 23 heavy (non-hydrogen) atoms. The van der Waals surface area contributed by atoms with E-state index in [1.165, 1.54) is 12.1 Å². The molecular formula is C15H10F5NO2. The third kappa shape index (κ3) is 3.10. The Morgan fingerprint density at radius 3 is 1.78 bits per heavy atom. The van der Waals surface area contributed by atoms with Crippen molar-refractivity contribution in [2.45, 2.75) is 13.5 Å². The van der Waals surface area contributed by atoms with Gasteiger partial charge in [-0.3, -0.25) is 4.90 Å². The van der Waals surface area contributed by atoms with Crippen molar-refractivity contribution in [1.82, 2.24) is 0 Å². The average molecular weight is 331 g/mol. The number of amides is 1. The predicted molar refractivity (Wildman–Crippen MR) is 71.6 cm³/mol. The topological polar surface area (TPSA) is 40.5 Å². The molecule has 1 N–H and O–H groups in total. The zero-order chi connectivity index (χ0) is 17.3. The van der Waals surface area contributed by atoms with E-state index in [4.69, 9.17) is 5.11 Å². The first-order valence-corrected chi connectivity index (χ1v) is 6.31. The maximum Gasteiger partial charge on any atom is 0.412 e. The largest absolute Gasteiger partial charge is 0.465 e. The third-order valence-corrected chi connectivity index (χ3v) is 3.19. The van der Waals surface area contributed by atoms with Crippen molar-refractivity contribution in [3.05, 3.63) is 64.5 Å². The van der Waals surface area contributed by atoms with Crippen molar-refractivity contribution in [1.29, 1.82) is 0 Å². The summed E-state index contributed by atoms with van der Waals surface area (Å²) in [5, 5.41) is 9.15. The van der Waals surface area contributed by atoms with Gasteiger partial charge in [0, 0.05) is 11.3 Å². The molecule has 0 aliphatic heterocycles. The van der Waals surface area contributed by atoms with Gasteiger partial charge in [-0.15, -0.1) is 0 Å². The molecule has 2 aromatic carbocycles. The van der Waals surface area contributed by atoms with Crippen molar-refractivity contribution in [2.24, 2.45) is 0 Å². The summed E-state index contributed by atoms with van der Waals surface area (Å²) in [4.78, 5) is 11.8. The van der Waals surface area contributed by atoms with Gasteiger partial charge in [0.05, 0.1) is 6.54 Å². The highest BCUT2D eigenvalue weighted by Gasteiger charge is 2.28. The maximum atomic E-state index is 13.7. The number of hydrogen-bond donors (Lipinski definition) is 1. The Labute approximate surface area is 127 Å². The fraction of sp³-hybridized carbons (Fsp3) is 0.133. The average Bonchev–Trinajstić information content (AvgIpc) is 2.52. The van der Waals surface area contributed by atoms with Gasteiger partial charge in [0.25, 0.3) is 0 Å². The summed E-state index contributed by atoms with van der Waals surface area (Å²) < 4.78 is 66.7. The second kappa shape index (κ2) is 6.23. The molecule has 0 bridgehead atoms. The first-order valence-electron chi connectivity index (χ1n) is 6.31. The molecule has 0 saturated heterocycles. The second-order valence-electron chi connectivity index (χ2n) is 4.75. The van der Waals surface area contributed by atoms with Gasteiger partial charge >= 0.3 is 6.09 Å². The van der Waals surface area contributed by atoms with E-state index in [9.17, 15) is 26.7 Å². The fourth-order valence-corrected chi connectivity index (χ4v) is 1.94. The zero-order valence-electron chi connectivity index (χ0n) is 11.7. The van der Waals surface area contributed by atoms with E-state index in [2.05, 4.69) is 0 Å². The molecule has 0 atom stereocenters. The first kappa shape index (κ1) is 16.7. The number of halogens is 5. The lowest BCUT2D eigenvalue weighted by Gasteiger charge is -2.20. The van der Waals surface area contributed by atoms with Crippen molar-refractivity contribution < 1.29 is 31.9 Å². The number of anilines is 1. The number of carbonyl (C=O) groups is 1. The molecule has 0 aromatic heterocycles. The van der Waals surface area contributed by atoms with Crippen molar-refractivity contribution in [3.8, 4) is 0 Å². The molecule has 0 saturated carbocycles. The Morgan fingerprint density at radius 2 is 1.35 bits per heavy atom. The lowest BCUT2D eigenvalue weighted by Crippen LogP contribution is -2.30. The van der Waals surface area contributed by atoms with E-state index in [1.54, 1.807) is 19.1 Å². The minimum Gasteiger partial charge on any atom is -0.465 e. The number of rotatable bonds is 3. The van der Waals surface area contributed by atoms with Gasteiger partial charge in [-0.05, 0) is 19.1 Å². The molecule has 2 rings (SSSR count). The van der Waals surface area contributed by atoms with Crippen molar-refractivity contribution in [3.63, 3.8) is 0 Å². The molecule has 0 aliphatic rings. The number of hydrogen-bond acceptors (Lipinski definition) is 1. The smallest absolute Gasteiger partial charge is 0.412 e. The van der Waals surface area contributed by atoms with E-state index in [0.717, 1.165) is 5.56 Å². The summed E-state index contributed by atoms with van der Waals surface area (Å²) in [6, 6.07) is 5.80. The molecule has 0 fully saturated rings. The SMILES string of the molecule is Cc1ccc(N(Cc2c(F)c(F)c(F)c(F)c2F)C(=O)O)cc1. The lowest BCUT2D eigenvalue weighted by atomic mass is 10.1. The summed E-state index contributed by atoms with van der Waals surface area (Å²) in [6.07, 6.45) is -1.60. The highest BCUT2D eigenvalue weighted by molar-refractivity contribution is 5.85. The minimum absolute atomic E-state index is 0.0343. The lowest BCUT2D eigenvalue weighted by molar-refractivity contribution is 0.201. The Hall–Kier alpha value is -2.64. The van der Waals surface area contributed by atoms with Crippen LogP contribution >= 0.6 is 0 Å². The van der Waals surface area contributed by atoms with Crippen LogP contribution < -0.4 is 4.90 Å². The molecule has 122 valence electrons. The van der Waals surface area contributed by atoms with Gasteiger partial charge in [0.1, 0.15) is 0 Å². The van der Waals surface area contributed by atoms with E-state index >= 15 is 0 Å². The van der Waals surface area contributed by atoms with Gasteiger partial charge in [0.15, 0.2) is 23.3 Å². The number of carboxylic acid groups (broad SMARTS) is 1. The van der Waals surface area contributed by atoms with Crippen LogP contribution in [0.4, 0.5) is 32.4 Å². The van der Waals surface area contributed by atoms with Gasteiger partial charge in [-0.25, -0.2) is 26.7 Å². The summed E-state index contributed by atoms with van der Waals surface area (Å²) in [7, 11) is 0. The van der Waals surface area contributed by atoms with E-state index < -0.39 is 47.3 Å². The van der Waals surface area contributed by atoms with Gasteiger partial charge in [0.2, 0.25) is 5.82 Å². The highest BCUT2D eigenvalue weighted by Crippen LogP contribution is 2.26. The Morgan fingerprint density at radius 1 is 0.913 bits per heavy atom. The Balaban J connectivity index is 2.50. The normalized spacial score (nSPS) is 10.7. The van der Waals surface area contributed by atoms with Crippen LogP contribution in [0.15, 0.2) is 24.3 Å². The van der Waals surface area contributed by atoms with Crippen LogP contribution in [0.5, 0.6) is 0 Å². The first-order chi connectivity index (χ1) is 10.7. The van der Waals surface area contributed by atoms with Crippen LogP contribution in [0.1, 0.15) is 11.1 Å². The van der Waals surface area contributed by atoms with Crippen LogP contribution in [0.3, 0.4) is 0 Å². The molecular weight excluding hydrogens is 321 g/mol. The van der Waals surface area contributed by atoms with E-state index in [0.29, 0.717) is 4.90 Å². The van der Waals surface area contributed by atoms with E-state index in [-0.39, 0.29) is 5.69 Å². The fourth-order valence-electron chi connectivity index (χ4n) is 1.94.